The van der Waals surface area contributed by atoms with Crippen LogP contribution in [0.1, 0.15) is 36.2 Å². The van der Waals surface area contributed by atoms with Gasteiger partial charge in [0.25, 0.3) is 5.91 Å². The van der Waals surface area contributed by atoms with Gasteiger partial charge in [0.1, 0.15) is 11.9 Å². The van der Waals surface area contributed by atoms with Gasteiger partial charge in [-0.05, 0) is 43.5 Å². The van der Waals surface area contributed by atoms with Gasteiger partial charge in [0.05, 0.1) is 0 Å². The Kier molecular flexibility index (Phi) is 6.86. The third-order valence-corrected chi connectivity index (χ3v) is 5.31. The topological polar surface area (TPSA) is 65.5 Å². The second-order valence-electron chi connectivity index (χ2n) is 7.91. The van der Waals surface area contributed by atoms with Crippen molar-refractivity contribution in [2.45, 2.75) is 33.2 Å². The number of carbonyl (C=O) groups is 2. The van der Waals surface area contributed by atoms with Crippen LogP contribution in [0.5, 0.6) is 0 Å². The number of benzene rings is 1. The molecule has 2 heterocycles. The van der Waals surface area contributed by atoms with Gasteiger partial charge in [-0.15, -0.1) is 0 Å². The molecule has 2 aromatic rings. The zero-order chi connectivity index (χ0) is 20.8. The van der Waals surface area contributed by atoms with E-state index in [1.54, 1.807) is 18.3 Å². The van der Waals surface area contributed by atoms with Crippen molar-refractivity contribution < 1.29 is 9.59 Å². The molecule has 1 aromatic carbocycles. The molecule has 1 aliphatic rings. The van der Waals surface area contributed by atoms with E-state index in [0.29, 0.717) is 18.7 Å². The molecule has 29 heavy (non-hydrogen) atoms. The summed E-state index contributed by atoms with van der Waals surface area (Å²) in [6, 6.07) is 12.7. The van der Waals surface area contributed by atoms with Gasteiger partial charge in [-0.1, -0.05) is 37.6 Å². The predicted octanol–water partition coefficient (Wildman–Crippen LogP) is 2.88. The molecule has 0 aliphatic carbocycles. The van der Waals surface area contributed by atoms with Gasteiger partial charge in [-0.25, -0.2) is 4.98 Å². The van der Waals surface area contributed by atoms with E-state index in [2.05, 4.69) is 15.2 Å². The minimum atomic E-state index is -0.537. The Morgan fingerprint density at radius 3 is 2.41 bits per heavy atom. The van der Waals surface area contributed by atoms with E-state index < -0.39 is 6.04 Å². The number of anilines is 1. The zero-order valence-electron chi connectivity index (χ0n) is 17.5. The first-order chi connectivity index (χ1) is 14.0. The van der Waals surface area contributed by atoms with Crippen molar-refractivity contribution in [3.05, 3.63) is 59.8 Å². The minimum Gasteiger partial charge on any atom is -0.355 e. The van der Waals surface area contributed by atoms with Crippen LogP contribution in [0, 0.1) is 12.8 Å². The zero-order valence-corrected chi connectivity index (χ0v) is 17.5. The Labute approximate surface area is 172 Å². The van der Waals surface area contributed by atoms with Gasteiger partial charge in [-0.2, -0.15) is 0 Å². The highest BCUT2D eigenvalue weighted by Gasteiger charge is 2.30. The van der Waals surface area contributed by atoms with Crippen molar-refractivity contribution in [1.29, 1.82) is 0 Å². The first-order valence-electron chi connectivity index (χ1n) is 10.3. The van der Waals surface area contributed by atoms with Crippen LogP contribution in [0.4, 0.5) is 5.82 Å². The number of rotatable bonds is 5. The average molecular weight is 395 g/mol. The summed E-state index contributed by atoms with van der Waals surface area (Å²) in [5, 5.41) is 2.96. The van der Waals surface area contributed by atoms with Gasteiger partial charge in [0.15, 0.2) is 0 Å². The monoisotopic (exact) mass is 394 g/mol. The predicted molar refractivity (Wildman–Crippen MR) is 115 cm³/mol. The lowest BCUT2D eigenvalue weighted by Gasteiger charge is -2.29. The van der Waals surface area contributed by atoms with Crippen molar-refractivity contribution in [2.75, 3.05) is 31.1 Å². The SMILES string of the molecule is Cc1ccc(C(=O)N[C@@H](C(=O)N2CCCN(c3ccccn3)CC2)C(C)C)cc1. The molecule has 154 valence electrons. The summed E-state index contributed by atoms with van der Waals surface area (Å²) >= 11 is 0. The Balaban J connectivity index is 1.65. The molecule has 0 radical (unpaired) electrons. The quantitative estimate of drug-likeness (QED) is 0.847. The van der Waals surface area contributed by atoms with Crippen LogP contribution < -0.4 is 10.2 Å². The van der Waals surface area contributed by atoms with Crippen molar-refractivity contribution in [3.63, 3.8) is 0 Å². The molecule has 1 N–H and O–H groups in total. The smallest absolute Gasteiger partial charge is 0.251 e. The number of aromatic nitrogens is 1. The molecule has 0 spiro atoms. The van der Waals surface area contributed by atoms with Crippen molar-refractivity contribution in [1.82, 2.24) is 15.2 Å². The highest BCUT2D eigenvalue weighted by atomic mass is 16.2. The fourth-order valence-corrected chi connectivity index (χ4v) is 3.55. The molecule has 6 nitrogen and oxygen atoms in total. The first-order valence-corrected chi connectivity index (χ1v) is 10.3. The number of pyridine rings is 1. The lowest BCUT2D eigenvalue weighted by molar-refractivity contribution is -0.134. The molecule has 1 aromatic heterocycles. The van der Waals surface area contributed by atoms with Gasteiger partial charge >= 0.3 is 0 Å². The van der Waals surface area contributed by atoms with Gasteiger partial charge in [0.2, 0.25) is 5.91 Å². The summed E-state index contributed by atoms with van der Waals surface area (Å²) in [5.74, 6) is 0.729. The lowest BCUT2D eigenvalue weighted by atomic mass is 10.0. The van der Waals surface area contributed by atoms with E-state index in [4.69, 9.17) is 0 Å². The summed E-state index contributed by atoms with van der Waals surface area (Å²) < 4.78 is 0. The standard InChI is InChI=1S/C23H30N4O2/c1-17(2)21(25-22(28)19-10-8-18(3)9-11-19)23(29)27-14-6-13-26(15-16-27)20-7-4-5-12-24-20/h4-5,7-12,17,21H,6,13-16H2,1-3H3,(H,25,28)/t21-/m1/s1. The molecule has 3 rings (SSSR count). The first kappa shape index (κ1) is 20.8. The number of hydrogen-bond acceptors (Lipinski definition) is 4. The molecule has 1 atom stereocenters. The van der Waals surface area contributed by atoms with Crippen LogP contribution in [-0.4, -0.2) is 53.9 Å². The van der Waals surface area contributed by atoms with Crippen LogP contribution in [0.2, 0.25) is 0 Å². The maximum atomic E-state index is 13.2. The second kappa shape index (κ2) is 9.54. The number of nitrogens with zero attached hydrogens (tertiary/aromatic N) is 3. The van der Waals surface area contributed by atoms with E-state index in [1.807, 2.05) is 56.0 Å². The summed E-state index contributed by atoms with van der Waals surface area (Å²) in [4.78, 5) is 34.4. The molecular weight excluding hydrogens is 364 g/mol. The third kappa shape index (κ3) is 5.34. The number of carbonyl (C=O) groups excluding carboxylic acids is 2. The molecule has 0 unspecified atom stereocenters. The van der Waals surface area contributed by atoms with E-state index >= 15 is 0 Å². The summed E-state index contributed by atoms with van der Waals surface area (Å²) in [6.45, 7) is 8.83. The molecule has 1 fully saturated rings. The largest absolute Gasteiger partial charge is 0.355 e. The fourth-order valence-electron chi connectivity index (χ4n) is 3.55. The normalized spacial score (nSPS) is 15.7. The highest BCUT2D eigenvalue weighted by molar-refractivity contribution is 5.97. The molecule has 0 bridgehead atoms. The third-order valence-electron chi connectivity index (χ3n) is 5.31. The van der Waals surface area contributed by atoms with E-state index in [0.717, 1.165) is 30.9 Å². The molecule has 2 amide bonds. The van der Waals surface area contributed by atoms with Crippen molar-refractivity contribution in [3.8, 4) is 0 Å². The van der Waals surface area contributed by atoms with Crippen molar-refractivity contribution >= 4 is 17.6 Å². The lowest BCUT2D eigenvalue weighted by Crippen LogP contribution is -2.52. The Morgan fingerprint density at radius 1 is 1.00 bits per heavy atom. The number of amides is 2. The van der Waals surface area contributed by atoms with Crippen LogP contribution in [0.25, 0.3) is 0 Å². The fraction of sp³-hybridized carbons (Fsp3) is 0.435. The molecule has 0 saturated carbocycles. The van der Waals surface area contributed by atoms with Crippen LogP contribution in [-0.2, 0) is 4.79 Å². The molecule has 1 saturated heterocycles. The van der Waals surface area contributed by atoms with E-state index in [1.165, 1.54) is 0 Å². The highest BCUT2D eigenvalue weighted by Crippen LogP contribution is 2.15. The van der Waals surface area contributed by atoms with E-state index in [9.17, 15) is 9.59 Å². The number of hydrogen-bond donors (Lipinski definition) is 1. The minimum absolute atomic E-state index is 0.00652. The average Bonchev–Trinajstić information content (AvgIpc) is 2.98. The summed E-state index contributed by atoms with van der Waals surface area (Å²) in [6.07, 6.45) is 2.66. The maximum absolute atomic E-state index is 13.2. The second-order valence-corrected chi connectivity index (χ2v) is 7.91. The van der Waals surface area contributed by atoms with Gasteiger partial charge in [-0.3, -0.25) is 9.59 Å². The Bertz CT molecular complexity index is 821. The van der Waals surface area contributed by atoms with Crippen LogP contribution in [0.3, 0.4) is 0 Å². The summed E-state index contributed by atoms with van der Waals surface area (Å²) in [5.41, 5.74) is 1.67. The number of aryl methyl sites for hydroxylation is 1. The maximum Gasteiger partial charge on any atom is 0.251 e. The van der Waals surface area contributed by atoms with Gasteiger partial charge in [0, 0.05) is 37.9 Å². The number of nitrogens with one attached hydrogen (secondary N) is 1. The Morgan fingerprint density at radius 2 is 1.76 bits per heavy atom. The van der Waals surface area contributed by atoms with Crippen LogP contribution >= 0.6 is 0 Å². The molecular formula is C23H30N4O2. The molecule has 1 aliphatic heterocycles. The Hall–Kier alpha value is -2.89. The molecule has 6 heteroatoms. The van der Waals surface area contributed by atoms with E-state index in [-0.39, 0.29) is 17.7 Å². The van der Waals surface area contributed by atoms with Crippen LogP contribution in [0.15, 0.2) is 48.7 Å². The summed E-state index contributed by atoms with van der Waals surface area (Å²) in [7, 11) is 0. The van der Waals surface area contributed by atoms with Gasteiger partial charge < -0.3 is 15.1 Å². The van der Waals surface area contributed by atoms with Crippen molar-refractivity contribution in [2.24, 2.45) is 5.92 Å².